The number of rotatable bonds is 9. The first-order valence-corrected chi connectivity index (χ1v) is 11.1. The van der Waals surface area contributed by atoms with Crippen molar-refractivity contribution in [2.24, 2.45) is 0 Å². The average molecular weight is 477 g/mol. The van der Waals surface area contributed by atoms with Gasteiger partial charge in [-0.05, 0) is 56.2 Å². The van der Waals surface area contributed by atoms with E-state index in [1.54, 1.807) is 45.7 Å². The van der Waals surface area contributed by atoms with Gasteiger partial charge in [0.2, 0.25) is 5.75 Å². The fourth-order valence-electron chi connectivity index (χ4n) is 3.95. The molecule has 4 rings (SSSR count). The van der Waals surface area contributed by atoms with Crippen LogP contribution in [0.15, 0.2) is 42.6 Å². The van der Waals surface area contributed by atoms with Gasteiger partial charge in [-0.1, -0.05) is 6.07 Å². The molecule has 10 nitrogen and oxygen atoms in total. The van der Waals surface area contributed by atoms with E-state index in [1.807, 2.05) is 36.7 Å². The minimum absolute atomic E-state index is 0.247. The number of carbonyl (C=O) groups is 1. The number of hydrogen-bond acceptors (Lipinski definition) is 7. The van der Waals surface area contributed by atoms with Crippen molar-refractivity contribution in [1.29, 1.82) is 0 Å². The van der Waals surface area contributed by atoms with Gasteiger partial charge in [-0.2, -0.15) is 10.2 Å². The molecule has 0 aliphatic rings. The maximum atomic E-state index is 12.7. The Morgan fingerprint density at radius 3 is 2.43 bits per heavy atom. The number of amides is 1. The van der Waals surface area contributed by atoms with E-state index >= 15 is 0 Å². The molecule has 4 aromatic rings. The lowest BCUT2D eigenvalue weighted by Crippen LogP contribution is -2.26. The van der Waals surface area contributed by atoms with Crippen LogP contribution in [0.5, 0.6) is 17.2 Å². The van der Waals surface area contributed by atoms with Gasteiger partial charge in [0, 0.05) is 24.0 Å². The number of carbonyl (C=O) groups excluding carboxylic acids is 1. The summed E-state index contributed by atoms with van der Waals surface area (Å²) in [6, 6.07) is 11.0. The van der Waals surface area contributed by atoms with Crippen molar-refractivity contribution in [1.82, 2.24) is 30.3 Å². The Bertz CT molecular complexity index is 1300. The SMILES string of the molecule is COc1cc(-c2cc(C(=O)NCCc3c(C)nn(-c4ccccn4)c3C)[nH]n2)cc(OC)c1OC. The van der Waals surface area contributed by atoms with Crippen LogP contribution in [0.4, 0.5) is 0 Å². The van der Waals surface area contributed by atoms with E-state index in [0.717, 1.165) is 28.3 Å². The van der Waals surface area contributed by atoms with Gasteiger partial charge in [0.1, 0.15) is 5.69 Å². The number of methoxy groups -OCH3 is 3. The molecule has 0 saturated carbocycles. The molecule has 0 aliphatic heterocycles. The summed E-state index contributed by atoms with van der Waals surface area (Å²) in [5.41, 5.74) is 4.65. The maximum Gasteiger partial charge on any atom is 0.269 e. The van der Waals surface area contributed by atoms with Crippen LogP contribution in [0.2, 0.25) is 0 Å². The molecule has 2 N–H and O–H groups in total. The van der Waals surface area contributed by atoms with Gasteiger partial charge in [0.15, 0.2) is 17.3 Å². The number of aromatic nitrogens is 5. The van der Waals surface area contributed by atoms with E-state index in [9.17, 15) is 4.79 Å². The second kappa shape index (κ2) is 10.3. The van der Waals surface area contributed by atoms with Crippen LogP contribution in [-0.4, -0.2) is 58.7 Å². The van der Waals surface area contributed by atoms with Crippen molar-refractivity contribution in [3.8, 4) is 34.3 Å². The highest BCUT2D eigenvalue weighted by atomic mass is 16.5. The number of benzene rings is 1. The van der Waals surface area contributed by atoms with Gasteiger partial charge in [-0.25, -0.2) is 9.67 Å². The Balaban J connectivity index is 1.44. The van der Waals surface area contributed by atoms with E-state index < -0.39 is 0 Å². The summed E-state index contributed by atoms with van der Waals surface area (Å²) >= 11 is 0. The molecule has 35 heavy (non-hydrogen) atoms. The number of nitrogens with one attached hydrogen (secondary N) is 2. The normalized spacial score (nSPS) is 10.8. The van der Waals surface area contributed by atoms with Crippen molar-refractivity contribution in [3.05, 3.63) is 65.2 Å². The van der Waals surface area contributed by atoms with Crippen LogP contribution < -0.4 is 19.5 Å². The van der Waals surface area contributed by atoms with Crippen molar-refractivity contribution >= 4 is 5.91 Å². The lowest BCUT2D eigenvalue weighted by atomic mass is 10.1. The third-order valence-electron chi connectivity index (χ3n) is 5.75. The topological polar surface area (TPSA) is 116 Å². The Kier molecular flexibility index (Phi) is 7.00. The molecular formula is C25H28N6O4. The molecule has 182 valence electrons. The summed E-state index contributed by atoms with van der Waals surface area (Å²) in [6.45, 7) is 4.42. The second-order valence-electron chi connectivity index (χ2n) is 7.84. The highest BCUT2D eigenvalue weighted by Gasteiger charge is 2.18. The molecule has 10 heteroatoms. The molecule has 3 aromatic heterocycles. The van der Waals surface area contributed by atoms with Gasteiger partial charge in [-0.15, -0.1) is 0 Å². The Labute approximate surface area is 203 Å². The van der Waals surface area contributed by atoms with Crippen molar-refractivity contribution in [3.63, 3.8) is 0 Å². The fourth-order valence-corrected chi connectivity index (χ4v) is 3.95. The Hall–Kier alpha value is -4.34. The minimum Gasteiger partial charge on any atom is -0.493 e. The monoisotopic (exact) mass is 476 g/mol. The molecule has 0 spiro atoms. The molecule has 0 atom stereocenters. The van der Waals surface area contributed by atoms with Crippen molar-refractivity contribution in [2.75, 3.05) is 27.9 Å². The van der Waals surface area contributed by atoms with Gasteiger partial charge in [0.05, 0.1) is 32.7 Å². The number of hydrogen-bond donors (Lipinski definition) is 2. The largest absolute Gasteiger partial charge is 0.493 e. The first-order valence-electron chi connectivity index (χ1n) is 11.1. The zero-order valence-electron chi connectivity index (χ0n) is 20.4. The number of ether oxygens (including phenoxy) is 3. The predicted octanol–water partition coefficient (Wildman–Crippen LogP) is 3.27. The molecule has 0 radical (unpaired) electrons. The smallest absolute Gasteiger partial charge is 0.269 e. The van der Waals surface area contributed by atoms with Crippen molar-refractivity contribution < 1.29 is 19.0 Å². The Morgan fingerprint density at radius 1 is 1.06 bits per heavy atom. The minimum atomic E-state index is -0.247. The quantitative estimate of drug-likeness (QED) is 0.381. The summed E-state index contributed by atoms with van der Waals surface area (Å²) in [4.78, 5) is 17.1. The standard InChI is InChI=1S/C25H28N6O4/c1-15-18(16(2)31(30-15)23-8-6-7-10-26-23)9-11-27-25(32)20-14-19(28-29-20)17-12-21(33-3)24(35-5)22(13-17)34-4/h6-8,10,12-14H,9,11H2,1-5H3,(H,27,32)(H,28,29). The number of pyridine rings is 1. The molecule has 0 saturated heterocycles. The van der Waals surface area contributed by atoms with Crippen LogP contribution in [0.1, 0.15) is 27.4 Å². The van der Waals surface area contributed by atoms with E-state index in [-0.39, 0.29) is 5.91 Å². The molecular weight excluding hydrogens is 448 g/mol. The predicted molar refractivity (Wildman–Crippen MR) is 131 cm³/mol. The fraction of sp³-hybridized carbons (Fsp3) is 0.280. The number of aryl methyl sites for hydroxylation is 1. The molecule has 1 amide bonds. The van der Waals surface area contributed by atoms with Crippen LogP contribution in [-0.2, 0) is 6.42 Å². The first kappa shape index (κ1) is 23.8. The van der Waals surface area contributed by atoms with E-state index in [2.05, 4.69) is 25.6 Å². The zero-order valence-corrected chi connectivity index (χ0v) is 20.4. The van der Waals surface area contributed by atoms with E-state index in [1.165, 1.54) is 0 Å². The summed E-state index contributed by atoms with van der Waals surface area (Å²) in [6.07, 6.45) is 2.38. The summed E-state index contributed by atoms with van der Waals surface area (Å²) < 4.78 is 18.0. The van der Waals surface area contributed by atoms with Gasteiger partial charge in [0.25, 0.3) is 5.91 Å². The van der Waals surface area contributed by atoms with Crippen LogP contribution >= 0.6 is 0 Å². The first-order chi connectivity index (χ1) is 17.0. The summed E-state index contributed by atoms with van der Waals surface area (Å²) in [5.74, 6) is 2.02. The van der Waals surface area contributed by atoms with Crippen LogP contribution in [0, 0.1) is 13.8 Å². The maximum absolute atomic E-state index is 12.7. The lowest BCUT2D eigenvalue weighted by Gasteiger charge is -2.13. The zero-order chi connectivity index (χ0) is 24.9. The highest BCUT2D eigenvalue weighted by Crippen LogP contribution is 2.40. The molecule has 1 aromatic carbocycles. The molecule has 3 heterocycles. The van der Waals surface area contributed by atoms with Gasteiger partial charge >= 0.3 is 0 Å². The van der Waals surface area contributed by atoms with Crippen LogP contribution in [0.3, 0.4) is 0 Å². The molecule has 0 aliphatic carbocycles. The number of aromatic amines is 1. The third kappa shape index (κ3) is 4.81. The van der Waals surface area contributed by atoms with Gasteiger partial charge < -0.3 is 19.5 Å². The van der Waals surface area contributed by atoms with Gasteiger partial charge in [-0.3, -0.25) is 9.89 Å². The second-order valence-corrected chi connectivity index (χ2v) is 7.84. The molecule has 0 unspecified atom stereocenters. The highest BCUT2D eigenvalue weighted by molar-refractivity contribution is 5.93. The third-order valence-corrected chi connectivity index (χ3v) is 5.75. The van der Waals surface area contributed by atoms with E-state index in [0.29, 0.717) is 41.6 Å². The number of nitrogens with zero attached hydrogens (tertiary/aromatic N) is 4. The summed E-state index contributed by atoms with van der Waals surface area (Å²) in [7, 11) is 4.64. The lowest BCUT2D eigenvalue weighted by molar-refractivity contribution is 0.0949. The van der Waals surface area contributed by atoms with E-state index in [4.69, 9.17) is 14.2 Å². The average Bonchev–Trinajstić information content (AvgIpc) is 3.49. The van der Waals surface area contributed by atoms with Crippen LogP contribution in [0.25, 0.3) is 17.1 Å². The molecule has 0 fully saturated rings. The summed E-state index contributed by atoms with van der Waals surface area (Å²) in [5, 5.41) is 14.6. The Morgan fingerprint density at radius 2 is 1.80 bits per heavy atom. The number of H-pyrrole nitrogens is 1. The van der Waals surface area contributed by atoms with Crippen molar-refractivity contribution in [2.45, 2.75) is 20.3 Å². The molecule has 0 bridgehead atoms.